The highest BCUT2D eigenvalue weighted by Crippen LogP contribution is 2.12. The first-order valence-electron chi connectivity index (χ1n) is 3.71. The lowest BCUT2D eigenvalue weighted by Gasteiger charge is -1.96. The van der Waals surface area contributed by atoms with Crippen molar-refractivity contribution in [3.05, 3.63) is 28.5 Å². The van der Waals surface area contributed by atoms with Crippen molar-refractivity contribution in [1.82, 2.24) is 4.98 Å². The summed E-state index contributed by atoms with van der Waals surface area (Å²) < 4.78 is 0. The van der Waals surface area contributed by atoms with Gasteiger partial charge >= 0.3 is 5.97 Å². The summed E-state index contributed by atoms with van der Waals surface area (Å²) in [4.78, 5) is 24.6. The molecule has 1 aromatic rings. The van der Waals surface area contributed by atoms with Gasteiger partial charge in [-0.2, -0.15) is 0 Å². The molecular formula is C9H5ClN2O3. The Balaban J connectivity index is 3.18. The minimum Gasteiger partial charge on any atom is -0.478 e. The van der Waals surface area contributed by atoms with Crippen LogP contribution < -0.4 is 5.73 Å². The summed E-state index contributed by atoms with van der Waals surface area (Å²) >= 11 is 5.63. The summed E-state index contributed by atoms with van der Waals surface area (Å²) in [6.45, 7) is 0. The number of nitrogens with two attached hydrogens (primary N) is 1. The number of hydrogen-bond donors (Lipinski definition) is 2. The van der Waals surface area contributed by atoms with Crippen molar-refractivity contribution in [1.29, 1.82) is 0 Å². The van der Waals surface area contributed by atoms with E-state index in [0.29, 0.717) is 0 Å². The number of aromatic nitrogens is 1. The van der Waals surface area contributed by atoms with Crippen LogP contribution >= 0.6 is 11.6 Å². The largest absolute Gasteiger partial charge is 0.478 e. The molecule has 0 aromatic carbocycles. The maximum Gasteiger partial charge on any atom is 0.337 e. The van der Waals surface area contributed by atoms with E-state index in [0.717, 1.165) is 6.20 Å². The molecule has 1 rings (SSSR count). The van der Waals surface area contributed by atoms with E-state index in [1.165, 1.54) is 6.07 Å². The third kappa shape index (κ3) is 2.97. The molecule has 0 unspecified atom stereocenters. The van der Waals surface area contributed by atoms with Crippen molar-refractivity contribution >= 4 is 23.5 Å². The fourth-order valence-electron chi connectivity index (χ4n) is 0.782. The predicted molar refractivity (Wildman–Crippen MR) is 52.3 cm³/mol. The predicted octanol–water partition coefficient (Wildman–Crippen LogP) is 0.270. The van der Waals surface area contributed by atoms with E-state index < -0.39 is 11.9 Å². The number of primary amides is 1. The highest BCUT2D eigenvalue weighted by Gasteiger charge is 2.06. The average Bonchev–Trinajstić information content (AvgIpc) is 2.16. The number of carbonyl (C=O) groups is 2. The zero-order valence-corrected chi connectivity index (χ0v) is 8.08. The molecule has 0 saturated heterocycles. The highest BCUT2D eigenvalue weighted by atomic mass is 35.5. The molecule has 0 aliphatic rings. The lowest BCUT2D eigenvalue weighted by atomic mass is 10.2. The second kappa shape index (κ2) is 4.44. The minimum atomic E-state index is -1.15. The lowest BCUT2D eigenvalue weighted by molar-refractivity contribution is -0.112. The van der Waals surface area contributed by atoms with Gasteiger partial charge in [0.2, 0.25) is 0 Å². The molecule has 0 aliphatic carbocycles. The molecule has 0 radical (unpaired) electrons. The van der Waals surface area contributed by atoms with Crippen molar-refractivity contribution in [2.24, 2.45) is 5.73 Å². The number of rotatable bonds is 1. The summed E-state index contributed by atoms with van der Waals surface area (Å²) in [5, 5.41) is 8.68. The van der Waals surface area contributed by atoms with Gasteiger partial charge in [0, 0.05) is 12.1 Å². The third-order valence-corrected chi connectivity index (χ3v) is 1.71. The van der Waals surface area contributed by atoms with Gasteiger partial charge in [-0.3, -0.25) is 4.79 Å². The van der Waals surface area contributed by atoms with Gasteiger partial charge in [0.15, 0.2) is 0 Å². The Morgan fingerprint density at radius 3 is 2.73 bits per heavy atom. The number of aromatic carboxylic acids is 1. The molecule has 0 saturated carbocycles. The quantitative estimate of drug-likeness (QED) is 0.529. The van der Waals surface area contributed by atoms with E-state index in [1.54, 1.807) is 0 Å². The van der Waals surface area contributed by atoms with Crippen LogP contribution in [0.3, 0.4) is 0 Å². The number of carboxylic acid groups (broad SMARTS) is 1. The molecular weight excluding hydrogens is 220 g/mol. The lowest BCUT2D eigenvalue weighted by Crippen LogP contribution is -2.06. The van der Waals surface area contributed by atoms with Crippen molar-refractivity contribution in [2.45, 2.75) is 0 Å². The molecule has 1 aromatic heterocycles. The molecule has 0 spiro atoms. The van der Waals surface area contributed by atoms with Crippen LogP contribution in [0.2, 0.25) is 5.15 Å². The van der Waals surface area contributed by atoms with Gasteiger partial charge in [0.1, 0.15) is 5.15 Å². The molecule has 0 fully saturated rings. The second-order valence-electron chi connectivity index (χ2n) is 2.48. The Bertz CT molecular complexity index is 488. The van der Waals surface area contributed by atoms with E-state index in [1.807, 2.05) is 5.92 Å². The first-order chi connectivity index (χ1) is 7.00. The zero-order valence-electron chi connectivity index (χ0n) is 7.32. The topological polar surface area (TPSA) is 93.3 Å². The number of pyridine rings is 1. The van der Waals surface area contributed by atoms with E-state index in [-0.39, 0.29) is 16.3 Å². The van der Waals surface area contributed by atoms with Crippen molar-refractivity contribution in [3.63, 3.8) is 0 Å². The molecule has 6 heteroatoms. The minimum absolute atomic E-state index is 0.0220. The Morgan fingerprint density at radius 1 is 1.53 bits per heavy atom. The summed E-state index contributed by atoms with van der Waals surface area (Å²) in [6.07, 6.45) is 1.10. The highest BCUT2D eigenvalue weighted by molar-refractivity contribution is 6.30. The molecule has 1 amide bonds. The monoisotopic (exact) mass is 224 g/mol. The normalized spacial score (nSPS) is 8.87. The molecule has 3 N–H and O–H groups in total. The van der Waals surface area contributed by atoms with Crippen molar-refractivity contribution < 1.29 is 14.7 Å². The van der Waals surface area contributed by atoms with Crippen LogP contribution in [0.4, 0.5) is 0 Å². The Labute approximate surface area is 89.9 Å². The van der Waals surface area contributed by atoms with Gasteiger partial charge in [-0.05, 0) is 6.07 Å². The van der Waals surface area contributed by atoms with Gasteiger partial charge in [0.05, 0.1) is 11.1 Å². The fourth-order valence-corrected chi connectivity index (χ4v) is 0.932. The maximum absolute atomic E-state index is 10.6. The molecule has 0 bridgehead atoms. The number of nitrogens with zero attached hydrogens (tertiary/aromatic N) is 1. The van der Waals surface area contributed by atoms with E-state index in [2.05, 4.69) is 10.9 Å². The standard InChI is InChI=1S/C9H5ClN2O3/c10-8-5(1-2-7(11)13)3-6(4-12-8)9(14)15/h3-4H,(H2,11,13)(H,14,15). The molecule has 5 nitrogen and oxygen atoms in total. The molecule has 0 aliphatic heterocycles. The molecule has 1 heterocycles. The van der Waals surface area contributed by atoms with Crippen LogP contribution in [0.15, 0.2) is 12.3 Å². The molecule has 76 valence electrons. The van der Waals surface area contributed by atoms with Crippen molar-refractivity contribution in [2.75, 3.05) is 0 Å². The number of carboxylic acids is 1. The second-order valence-corrected chi connectivity index (χ2v) is 2.84. The number of hydrogen-bond acceptors (Lipinski definition) is 3. The van der Waals surface area contributed by atoms with Crippen LogP contribution in [0.5, 0.6) is 0 Å². The Kier molecular flexibility index (Phi) is 3.26. The van der Waals surface area contributed by atoms with Crippen LogP contribution in [-0.4, -0.2) is 22.0 Å². The first-order valence-corrected chi connectivity index (χ1v) is 4.09. The van der Waals surface area contributed by atoms with Gasteiger partial charge < -0.3 is 10.8 Å². The van der Waals surface area contributed by atoms with E-state index >= 15 is 0 Å². The van der Waals surface area contributed by atoms with Gasteiger partial charge in [-0.1, -0.05) is 17.5 Å². The van der Waals surface area contributed by atoms with Crippen LogP contribution in [-0.2, 0) is 4.79 Å². The number of halogens is 1. The summed E-state index contributed by atoms with van der Waals surface area (Å²) in [6, 6.07) is 1.22. The van der Waals surface area contributed by atoms with E-state index in [4.69, 9.17) is 22.4 Å². The zero-order chi connectivity index (χ0) is 11.4. The Hall–Kier alpha value is -2.06. The Morgan fingerprint density at radius 2 is 2.20 bits per heavy atom. The number of amides is 1. The van der Waals surface area contributed by atoms with Gasteiger partial charge in [0.25, 0.3) is 5.91 Å². The fraction of sp³-hybridized carbons (Fsp3) is 0. The number of carbonyl (C=O) groups excluding carboxylic acids is 1. The van der Waals surface area contributed by atoms with Crippen LogP contribution in [0, 0.1) is 11.8 Å². The van der Waals surface area contributed by atoms with Crippen LogP contribution in [0.1, 0.15) is 15.9 Å². The van der Waals surface area contributed by atoms with Gasteiger partial charge in [-0.25, -0.2) is 9.78 Å². The van der Waals surface area contributed by atoms with E-state index in [9.17, 15) is 9.59 Å². The SMILES string of the molecule is NC(=O)C#Cc1cc(C(=O)O)cnc1Cl. The summed E-state index contributed by atoms with van der Waals surface area (Å²) in [5.74, 6) is 2.39. The van der Waals surface area contributed by atoms with Crippen molar-refractivity contribution in [3.8, 4) is 11.8 Å². The average molecular weight is 225 g/mol. The third-order valence-electron chi connectivity index (χ3n) is 1.41. The molecule has 0 atom stereocenters. The first kappa shape index (κ1) is 11.0. The summed E-state index contributed by atoms with van der Waals surface area (Å²) in [7, 11) is 0. The summed E-state index contributed by atoms with van der Waals surface area (Å²) in [5.41, 5.74) is 4.88. The van der Waals surface area contributed by atoms with Gasteiger partial charge in [-0.15, -0.1) is 0 Å². The maximum atomic E-state index is 10.6. The van der Waals surface area contributed by atoms with Crippen LogP contribution in [0.25, 0.3) is 0 Å². The smallest absolute Gasteiger partial charge is 0.337 e. The molecule has 15 heavy (non-hydrogen) atoms.